The van der Waals surface area contributed by atoms with E-state index in [1.54, 1.807) is 0 Å². The van der Waals surface area contributed by atoms with E-state index in [9.17, 15) is 9.59 Å². The van der Waals surface area contributed by atoms with Crippen LogP contribution in [0.5, 0.6) is 5.75 Å². The maximum absolute atomic E-state index is 11.4. The molecular weight excluding hydrogens is 314 g/mol. The van der Waals surface area contributed by atoms with Gasteiger partial charge in [0.15, 0.2) is 0 Å². The Labute approximate surface area is 120 Å². The summed E-state index contributed by atoms with van der Waals surface area (Å²) in [7, 11) is 0. The van der Waals surface area contributed by atoms with Crippen LogP contribution < -0.4 is 10.1 Å². The third-order valence-corrected chi connectivity index (χ3v) is 3.05. The molecule has 0 aliphatic carbocycles. The Morgan fingerprint density at radius 1 is 1.42 bits per heavy atom. The van der Waals surface area contributed by atoms with E-state index < -0.39 is 12.0 Å². The number of carboxylic acid groups (broad SMARTS) is 1. The van der Waals surface area contributed by atoms with Gasteiger partial charge in [0.25, 0.3) is 0 Å². The van der Waals surface area contributed by atoms with E-state index in [1.165, 1.54) is 6.92 Å². The van der Waals surface area contributed by atoms with Crippen molar-refractivity contribution < 1.29 is 19.4 Å². The molecule has 0 radical (unpaired) electrons. The first-order valence-electron chi connectivity index (χ1n) is 5.90. The van der Waals surface area contributed by atoms with Gasteiger partial charge in [0, 0.05) is 6.42 Å². The summed E-state index contributed by atoms with van der Waals surface area (Å²) in [4.78, 5) is 21.9. The van der Waals surface area contributed by atoms with Crippen LogP contribution in [-0.2, 0) is 9.59 Å². The minimum Gasteiger partial charge on any atom is -0.492 e. The van der Waals surface area contributed by atoms with Crippen LogP contribution in [0.15, 0.2) is 28.7 Å². The molecule has 0 bridgehead atoms. The molecule has 0 heterocycles. The molecule has 1 aromatic carbocycles. The standard InChI is InChI=1S/C13H16BrNO4/c1-9(13(17)18)15-12(16)7-4-8-19-11-6-3-2-5-10(11)14/h2-3,5-6,9H,4,7-8H2,1H3,(H,15,16)(H,17,18). The van der Waals surface area contributed by atoms with Crippen molar-refractivity contribution >= 4 is 27.8 Å². The Balaban J connectivity index is 2.23. The van der Waals surface area contributed by atoms with E-state index in [0.717, 1.165) is 10.2 Å². The molecule has 0 saturated heterocycles. The second-order valence-corrected chi connectivity index (χ2v) is 4.86. The molecule has 1 unspecified atom stereocenters. The van der Waals surface area contributed by atoms with E-state index in [-0.39, 0.29) is 12.3 Å². The van der Waals surface area contributed by atoms with Gasteiger partial charge < -0.3 is 15.2 Å². The quantitative estimate of drug-likeness (QED) is 0.752. The smallest absolute Gasteiger partial charge is 0.325 e. The number of nitrogens with one attached hydrogen (secondary N) is 1. The molecule has 1 atom stereocenters. The number of hydrogen-bond acceptors (Lipinski definition) is 3. The summed E-state index contributed by atoms with van der Waals surface area (Å²) in [6, 6.07) is 6.59. The molecule has 1 amide bonds. The minimum absolute atomic E-state index is 0.238. The van der Waals surface area contributed by atoms with Crippen molar-refractivity contribution in [1.29, 1.82) is 0 Å². The Morgan fingerprint density at radius 2 is 2.11 bits per heavy atom. The van der Waals surface area contributed by atoms with E-state index >= 15 is 0 Å². The van der Waals surface area contributed by atoms with E-state index in [4.69, 9.17) is 9.84 Å². The van der Waals surface area contributed by atoms with Gasteiger partial charge in [-0.25, -0.2) is 0 Å². The maximum atomic E-state index is 11.4. The fraction of sp³-hybridized carbons (Fsp3) is 0.385. The van der Waals surface area contributed by atoms with Crippen molar-refractivity contribution in [2.75, 3.05) is 6.61 Å². The molecule has 0 fully saturated rings. The molecule has 0 aliphatic heterocycles. The molecule has 0 aromatic heterocycles. The average Bonchev–Trinajstić information content (AvgIpc) is 2.36. The number of carbonyl (C=O) groups is 2. The maximum Gasteiger partial charge on any atom is 0.325 e. The second kappa shape index (κ2) is 7.78. The molecule has 0 spiro atoms. The fourth-order valence-electron chi connectivity index (χ4n) is 1.35. The molecule has 5 nitrogen and oxygen atoms in total. The lowest BCUT2D eigenvalue weighted by Crippen LogP contribution is -2.38. The third-order valence-electron chi connectivity index (χ3n) is 2.39. The SMILES string of the molecule is CC(NC(=O)CCCOc1ccccc1Br)C(=O)O. The van der Waals surface area contributed by atoms with Crippen LogP contribution in [0.1, 0.15) is 19.8 Å². The molecule has 1 rings (SSSR count). The van der Waals surface area contributed by atoms with Crippen LogP contribution in [0.3, 0.4) is 0 Å². The summed E-state index contributed by atoms with van der Waals surface area (Å²) < 4.78 is 6.36. The largest absolute Gasteiger partial charge is 0.492 e. The summed E-state index contributed by atoms with van der Waals surface area (Å²) in [6.45, 7) is 1.83. The van der Waals surface area contributed by atoms with Gasteiger partial charge in [-0.1, -0.05) is 12.1 Å². The average molecular weight is 330 g/mol. The van der Waals surface area contributed by atoms with Crippen LogP contribution in [-0.4, -0.2) is 29.6 Å². The molecule has 6 heteroatoms. The van der Waals surface area contributed by atoms with Crippen LogP contribution >= 0.6 is 15.9 Å². The first kappa shape index (κ1) is 15.5. The summed E-state index contributed by atoms with van der Waals surface area (Å²) in [5.74, 6) is -0.606. The van der Waals surface area contributed by atoms with Crippen LogP contribution in [0.2, 0.25) is 0 Å². The van der Waals surface area contributed by atoms with Gasteiger partial charge >= 0.3 is 5.97 Å². The van der Waals surface area contributed by atoms with Gasteiger partial charge in [-0.15, -0.1) is 0 Å². The van der Waals surface area contributed by atoms with Gasteiger partial charge in [0.05, 0.1) is 11.1 Å². The molecule has 0 saturated carbocycles. The lowest BCUT2D eigenvalue weighted by molar-refractivity contribution is -0.141. The molecule has 104 valence electrons. The Morgan fingerprint density at radius 3 is 2.74 bits per heavy atom. The van der Waals surface area contributed by atoms with Crippen molar-refractivity contribution in [1.82, 2.24) is 5.32 Å². The number of para-hydroxylation sites is 1. The van der Waals surface area contributed by atoms with Crippen molar-refractivity contribution in [2.24, 2.45) is 0 Å². The first-order valence-corrected chi connectivity index (χ1v) is 6.69. The number of hydrogen-bond donors (Lipinski definition) is 2. The Bertz CT molecular complexity index is 450. The van der Waals surface area contributed by atoms with Crippen LogP contribution in [0, 0.1) is 0 Å². The number of halogens is 1. The summed E-state index contributed by atoms with van der Waals surface area (Å²) in [5, 5.41) is 11.0. The minimum atomic E-state index is -1.04. The van der Waals surface area contributed by atoms with Crippen molar-refractivity contribution in [3.8, 4) is 5.75 Å². The van der Waals surface area contributed by atoms with Gasteiger partial charge in [-0.3, -0.25) is 9.59 Å². The van der Waals surface area contributed by atoms with E-state index in [2.05, 4.69) is 21.2 Å². The zero-order chi connectivity index (χ0) is 14.3. The predicted molar refractivity (Wildman–Crippen MR) is 74.1 cm³/mol. The van der Waals surface area contributed by atoms with Gasteiger partial charge in [0.1, 0.15) is 11.8 Å². The lowest BCUT2D eigenvalue weighted by atomic mass is 10.2. The number of ether oxygens (including phenoxy) is 1. The number of carboxylic acids is 1. The third kappa shape index (κ3) is 5.74. The molecule has 2 N–H and O–H groups in total. The summed E-state index contributed by atoms with van der Waals surface area (Å²) in [5.41, 5.74) is 0. The highest BCUT2D eigenvalue weighted by molar-refractivity contribution is 9.10. The molecular formula is C13H16BrNO4. The fourth-order valence-corrected chi connectivity index (χ4v) is 1.75. The second-order valence-electron chi connectivity index (χ2n) is 4.01. The lowest BCUT2D eigenvalue weighted by Gasteiger charge is -2.10. The Hall–Kier alpha value is -1.56. The highest BCUT2D eigenvalue weighted by Gasteiger charge is 2.13. The van der Waals surface area contributed by atoms with Crippen molar-refractivity contribution in [3.63, 3.8) is 0 Å². The number of rotatable bonds is 7. The monoisotopic (exact) mass is 329 g/mol. The predicted octanol–water partition coefficient (Wildman–Crippen LogP) is 2.20. The number of benzene rings is 1. The normalized spacial score (nSPS) is 11.7. The van der Waals surface area contributed by atoms with Crippen molar-refractivity contribution in [3.05, 3.63) is 28.7 Å². The van der Waals surface area contributed by atoms with E-state index in [0.29, 0.717) is 13.0 Å². The molecule has 19 heavy (non-hydrogen) atoms. The topological polar surface area (TPSA) is 75.6 Å². The van der Waals surface area contributed by atoms with Gasteiger partial charge in [-0.2, -0.15) is 0 Å². The summed E-state index contributed by atoms with van der Waals surface area (Å²) >= 11 is 3.36. The molecule has 0 aliphatic rings. The highest BCUT2D eigenvalue weighted by atomic mass is 79.9. The van der Waals surface area contributed by atoms with Crippen LogP contribution in [0.25, 0.3) is 0 Å². The molecule has 1 aromatic rings. The number of amides is 1. The van der Waals surface area contributed by atoms with E-state index in [1.807, 2.05) is 24.3 Å². The zero-order valence-corrected chi connectivity index (χ0v) is 12.1. The van der Waals surface area contributed by atoms with Crippen LogP contribution in [0.4, 0.5) is 0 Å². The number of aliphatic carboxylic acids is 1. The number of carbonyl (C=O) groups excluding carboxylic acids is 1. The van der Waals surface area contributed by atoms with Crippen molar-refractivity contribution in [2.45, 2.75) is 25.8 Å². The zero-order valence-electron chi connectivity index (χ0n) is 10.6. The Kier molecular flexibility index (Phi) is 6.35. The highest BCUT2D eigenvalue weighted by Crippen LogP contribution is 2.23. The van der Waals surface area contributed by atoms with Gasteiger partial charge in [-0.05, 0) is 41.4 Å². The summed E-state index contributed by atoms with van der Waals surface area (Å²) in [6.07, 6.45) is 0.765. The first-order chi connectivity index (χ1) is 9.00. The van der Waals surface area contributed by atoms with Gasteiger partial charge in [0.2, 0.25) is 5.91 Å².